The van der Waals surface area contributed by atoms with Gasteiger partial charge >= 0.3 is 0 Å². The molecule has 138 valence electrons. The van der Waals surface area contributed by atoms with Crippen molar-refractivity contribution in [3.8, 4) is 0 Å². The summed E-state index contributed by atoms with van der Waals surface area (Å²) in [5.41, 5.74) is 1.78. The average Bonchev–Trinajstić information content (AvgIpc) is 3.45. The number of hydrogen-bond donors (Lipinski definition) is 0. The van der Waals surface area contributed by atoms with Gasteiger partial charge in [0, 0.05) is 0 Å². The minimum Gasteiger partial charge on any atom is -0.465 e. The van der Waals surface area contributed by atoms with Crippen LogP contribution in [0.4, 0.5) is 0 Å². The smallest absolute Gasteiger partial charge is 0.126 e. The predicted octanol–water partition coefficient (Wildman–Crippen LogP) is 6.38. The molecule has 0 spiro atoms. The lowest BCUT2D eigenvalue weighted by molar-refractivity contribution is 0.557. The van der Waals surface area contributed by atoms with E-state index in [0.717, 1.165) is 32.4 Å². The Morgan fingerprint density at radius 3 is 1.46 bits per heavy atom. The van der Waals surface area contributed by atoms with E-state index in [1.165, 1.54) is 0 Å². The van der Waals surface area contributed by atoms with Gasteiger partial charge in [0.25, 0.3) is 0 Å². The third-order valence-electron chi connectivity index (χ3n) is 4.18. The molecule has 0 bridgehead atoms. The Morgan fingerprint density at radius 2 is 1.04 bits per heavy atom. The lowest BCUT2D eigenvalue weighted by Crippen LogP contribution is -1.98. The predicted molar refractivity (Wildman–Crippen MR) is 113 cm³/mol. The molecule has 4 rings (SSSR count). The minimum absolute atomic E-state index is 0.752. The van der Waals surface area contributed by atoms with E-state index in [-0.39, 0.29) is 0 Å². The number of rotatable bonds is 6. The third kappa shape index (κ3) is 4.13. The summed E-state index contributed by atoms with van der Waals surface area (Å²) in [6, 6.07) is 22.8. The summed E-state index contributed by atoms with van der Waals surface area (Å²) in [5, 5.41) is 0. The molecule has 4 heteroatoms. The molecule has 4 aromatic rings. The summed E-state index contributed by atoms with van der Waals surface area (Å²) in [6.45, 7) is 0. The molecule has 0 aliphatic carbocycles. The Labute approximate surface area is 166 Å². The molecule has 2 aromatic carbocycles. The molecule has 0 fully saturated rings. The van der Waals surface area contributed by atoms with E-state index in [1.807, 2.05) is 97.1 Å². The van der Waals surface area contributed by atoms with Gasteiger partial charge in [0.1, 0.15) is 11.5 Å². The molecule has 2 aromatic heterocycles. The molecule has 0 radical (unpaired) electrons. The van der Waals surface area contributed by atoms with Crippen molar-refractivity contribution < 1.29 is 13.0 Å². The quantitative estimate of drug-likeness (QED) is 0.386. The highest BCUT2D eigenvalue weighted by molar-refractivity contribution is 7.85. The van der Waals surface area contributed by atoms with Gasteiger partial charge in [-0.3, -0.25) is 0 Å². The SMILES string of the molecule is O=S(c1ccccc1/C=C\c1ccco1)c1ccccc1/C=C\c1ccco1. The van der Waals surface area contributed by atoms with Gasteiger partial charge in [-0.15, -0.1) is 0 Å². The fraction of sp³-hybridized carbons (Fsp3) is 0. The first-order chi connectivity index (χ1) is 13.8. The largest absolute Gasteiger partial charge is 0.465 e. The average molecular weight is 386 g/mol. The number of hydrogen-bond acceptors (Lipinski definition) is 3. The first-order valence-electron chi connectivity index (χ1n) is 8.84. The summed E-state index contributed by atoms with van der Waals surface area (Å²) in [4.78, 5) is 1.51. The molecule has 3 nitrogen and oxygen atoms in total. The molecule has 0 N–H and O–H groups in total. The second-order valence-electron chi connectivity index (χ2n) is 6.04. The maximum atomic E-state index is 13.4. The van der Waals surface area contributed by atoms with Gasteiger partial charge in [-0.25, -0.2) is 4.21 Å². The lowest BCUT2D eigenvalue weighted by Gasteiger charge is -2.09. The molecule has 0 aliphatic rings. The van der Waals surface area contributed by atoms with Gasteiger partial charge < -0.3 is 8.83 Å². The number of benzene rings is 2. The Bertz CT molecular complexity index is 1030. The summed E-state index contributed by atoms with van der Waals surface area (Å²) in [6.07, 6.45) is 10.9. The second kappa shape index (κ2) is 8.55. The molecule has 0 saturated heterocycles. The van der Waals surface area contributed by atoms with Gasteiger partial charge in [0.05, 0.1) is 33.1 Å². The van der Waals surface area contributed by atoms with E-state index < -0.39 is 10.8 Å². The maximum absolute atomic E-state index is 13.4. The van der Waals surface area contributed by atoms with E-state index in [2.05, 4.69) is 0 Å². The van der Waals surface area contributed by atoms with Gasteiger partial charge in [-0.2, -0.15) is 0 Å². The van der Waals surface area contributed by atoms with Gasteiger partial charge in [0.15, 0.2) is 0 Å². The van der Waals surface area contributed by atoms with Crippen LogP contribution < -0.4 is 0 Å². The van der Waals surface area contributed by atoms with E-state index in [4.69, 9.17) is 8.83 Å². The standard InChI is InChI=1S/C24H18O3S/c25-28(23-11-3-1-7-19(23)13-15-21-9-5-17-26-21)24-12-4-2-8-20(24)14-16-22-10-6-18-27-22/h1-18H/b15-13-,16-14-. The van der Waals surface area contributed by atoms with Crippen molar-refractivity contribution in [2.45, 2.75) is 9.79 Å². The molecular formula is C24H18O3S. The van der Waals surface area contributed by atoms with Crippen LogP contribution in [0.15, 0.2) is 104 Å². The van der Waals surface area contributed by atoms with E-state index in [9.17, 15) is 4.21 Å². The van der Waals surface area contributed by atoms with Crippen molar-refractivity contribution in [3.05, 3.63) is 108 Å². The van der Waals surface area contributed by atoms with Crippen molar-refractivity contribution in [2.75, 3.05) is 0 Å². The molecule has 2 heterocycles. The summed E-state index contributed by atoms with van der Waals surface area (Å²) < 4.78 is 24.1. The maximum Gasteiger partial charge on any atom is 0.126 e. The highest BCUT2D eigenvalue weighted by Crippen LogP contribution is 2.26. The van der Waals surface area contributed by atoms with Gasteiger partial charge in [-0.05, 0) is 59.7 Å². The van der Waals surface area contributed by atoms with Crippen LogP contribution in [-0.4, -0.2) is 4.21 Å². The molecule has 0 saturated carbocycles. The summed E-state index contributed by atoms with van der Waals surface area (Å²) in [7, 11) is -1.33. The number of furan rings is 2. The van der Waals surface area contributed by atoms with Crippen molar-refractivity contribution in [1.82, 2.24) is 0 Å². The first kappa shape index (κ1) is 18.0. The zero-order chi connectivity index (χ0) is 19.2. The molecule has 0 aliphatic heterocycles. The highest BCUT2D eigenvalue weighted by atomic mass is 32.2. The topological polar surface area (TPSA) is 43.4 Å². The second-order valence-corrected chi connectivity index (χ2v) is 7.46. The van der Waals surface area contributed by atoms with Crippen molar-refractivity contribution in [2.24, 2.45) is 0 Å². The fourth-order valence-corrected chi connectivity index (χ4v) is 4.15. The molecular weight excluding hydrogens is 368 g/mol. The van der Waals surface area contributed by atoms with Crippen LogP contribution in [0, 0.1) is 0 Å². The monoisotopic (exact) mass is 386 g/mol. The normalized spacial score (nSPS) is 11.8. The first-order valence-corrected chi connectivity index (χ1v) is 9.99. The van der Waals surface area contributed by atoms with Crippen LogP contribution >= 0.6 is 0 Å². The zero-order valence-electron chi connectivity index (χ0n) is 15.0. The van der Waals surface area contributed by atoms with Gasteiger partial charge in [0.2, 0.25) is 0 Å². The Hall–Kier alpha value is -3.37. The summed E-state index contributed by atoms with van der Waals surface area (Å²) >= 11 is 0. The van der Waals surface area contributed by atoms with Crippen LogP contribution in [0.2, 0.25) is 0 Å². The molecule has 0 amide bonds. The van der Waals surface area contributed by atoms with E-state index in [0.29, 0.717) is 0 Å². The molecule has 28 heavy (non-hydrogen) atoms. The fourth-order valence-electron chi connectivity index (χ4n) is 2.81. The van der Waals surface area contributed by atoms with Gasteiger partial charge in [-0.1, -0.05) is 48.6 Å². The third-order valence-corrected chi connectivity index (χ3v) is 5.72. The van der Waals surface area contributed by atoms with Crippen LogP contribution in [0.25, 0.3) is 24.3 Å². The van der Waals surface area contributed by atoms with Crippen molar-refractivity contribution in [3.63, 3.8) is 0 Å². The molecule has 0 unspecified atom stereocenters. The lowest BCUT2D eigenvalue weighted by atomic mass is 10.2. The Kier molecular flexibility index (Phi) is 5.50. The van der Waals surface area contributed by atoms with Crippen molar-refractivity contribution in [1.29, 1.82) is 0 Å². The molecule has 0 atom stereocenters. The summed E-state index contributed by atoms with van der Waals surface area (Å²) in [5.74, 6) is 1.50. The van der Waals surface area contributed by atoms with E-state index >= 15 is 0 Å². The van der Waals surface area contributed by atoms with E-state index in [1.54, 1.807) is 12.5 Å². The van der Waals surface area contributed by atoms with Crippen molar-refractivity contribution >= 4 is 35.1 Å². The zero-order valence-corrected chi connectivity index (χ0v) is 15.8. The van der Waals surface area contributed by atoms with Crippen LogP contribution in [-0.2, 0) is 10.8 Å². The van der Waals surface area contributed by atoms with Crippen LogP contribution in [0.1, 0.15) is 22.6 Å². The Balaban J connectivity index is 1.67. The minimum atomic E-state index is -1.33. The highest BCUT2D eigenvalue weighted by Gasteiger charge is 2.13. The van der Waals surface area contributed by atoms with Crippen LogP contribution in [0.3, 0.4) is 0 Å². The Morgan fingerprint density at radius 1 is 0.571 bits per heavy atom. The van der Waals surface area contributed by atoms with Crippen LogP contribution in [0.5, 0.6) is 0 Å².